The van der Waals surface area contributed by atoms with E-state index in [1.807, 2.05) is 0 Å². The van der Waals surface area contributed by atoms with Crippen LogP contribution in [0.2, 0.25) is 0 Å². The second kappa shape index (κ2) is 7.80. The van der Waals surface area contributed by atoms with Crippen molar-refractivity contribution in [3.05, 3.63) is 37.0 Å². The molecule has 0 bridgehead atoms. The molecule has 1 fully saturated rings. The Labute approximate surface area is 124 Å². The second-order valence-corrected chi connectivity index (χ2v) is 6.28. The highest BCUT2D eigenvalue weighted by atomic mass is 16.5. The molecule has 0 aromatic rings. The quantitative estimate of drug-likeness (QED) is 0.484. The van der Waals surface area contributed by atoms with E-state index in [1.54, 1.807) is 7.11 Å². The van der Waals surface area contributed by atoms with Gasteiger partial charge in [-0.15, -0.1) is 6.58 Å². The fraction of sp³-hybridized carbons (Fsp3) is 0.667. The predicted molar refractivity (Wildman–Crippen MR) is 85.8 cm³/mol. The lowest BCUT2D eigenvalue weighted by Gasteiger charge is -2.43. The molecule has 1 rings (SSSR count). The highest BCUT2D eigenvalue weighted by Crippen LogP contribution is 2.48. The summed E-state index contributed by atoms with van der Waals surface area (Å²) in [6.45, 7) is 18.8. The molecular formula is C18H30O2. The molecule has 114 valence electrons. The maximum absolute atomic E-state index is 5.60. The monoisotopic (exact) mass is 278 g/mol. The van der Waals surface area contributed by atoms with Crippen LogP contribution in [0.4, 0.5) is 0 Å². The molecule has 0 saturated heterocycles. The maximum Gasteiger partial charge on any atom is 0.0704 e. The number of hydrogen-bond donors (Lipinski definition) is 0. The van der Waals surface area contributed by atoms with Crippen molar-refractivity contribution in [2.75, 3.05) is 26.9 Å². The summed E-state index contributed by atoms with van der Waals surface area (Å²) in [4.78, 5) is 0. The van der Waals surface area contributed by atoms with Gasteiger partial charge >= 0.3 is 0 Å². The summed E-state index contributed by atoms with van der Waals surface area (Å²) in [7, 11) is 1.69. The molecule has 0 aromatic carbocycles. The van der Waals surface area contributed by atoms with Crippen LogP contribution in [-0.4, -0.2) is 26.9 Å². The van der Waals surface area contributed by atoms with Crippen molar-refractivity contribution in [3.63, 3.8) is 0 Å². The number of hydrogen-bond acceptors (Lipinski definition) is 2. The molecule has 0 N–H and O–H groups in total. The molecule has 1 aliphatic rings. The van der Waals surface area contributed by atoms with Crippen LogP contribution in [-0.2, 0) is 9.47 Å². The standard InChI is InChI=1S/C18H30O2/c1-7-18(5)9-8-16(12-17(18)14(2)3)15(4)13-20-11-10-19-6/h7,16-17H,1-2,4,8-13H2,3,5-6H3/t16-,17+,18-/m1/s1. The summed E-state index contributed by atoms with van der Waals surface area (Å²) in [6, 6.07) is 0. The zero-order valence-electron chi connectivity index (χ0n) is 13.4. The van der Waals surface area contributed by atoms with Gasteiger partial charge in [-0.05, 0) is 49.0 Å². The van der Waals surface area contributed by atoms with Gasteiger partial charge in [0.15, 0.2) is 0 Å². The fourth-order valence-electron chi connectivity index (χ4n) is 3.17. The van der Waals surface area contributed by atoms with Gasteiger partial charge in [0.25, 0.3) is 0 Å². The lowest BCUT2D eigenvalue weighted by atomic mass is 9.61. The molecule has 0 spiro atoms. The summed E-state index contributed by atoms with van der Waals surface area (Å²) >= 11 is 0. The average Bonchev–Trinajstić information content (AvgIpc) is 2.43. The van der Waals surface area contributed by atoms with E-state index < -0.39 is 0 Å². The highest BCUT2D eigenvalue weighted by molar-refractivity contribution is 5.16. The van der Waals surface area contributed by atoms with Gasteiger partial charge in [0, 0.05) is 7.11 Å². The smallest absolute Gasteiger partial charge is 0.0704 e. The van der Waals surface area contributed by atoms with Crippen LogP contribution < -0.4 is 0 Å². The molecule has 1 saturated carbocycles. The van der Waals surface area contributed by atoms with E-state index in [2.05, 4.69) is 39.7 Å². The summed E-state index contributed by atoms with van der Waals surface area (Å²) in [5, 5.41) is 0. The first-order valence-electron chi connectivity index (χ1n) is 7.48. The number of methoxy groups -OCH3 is 1. The minimum absolute atomic E-state index is 0.180. The van der Waals surface area contributed by atoms with Gasteiger partial charge in [0.1, 0.15) is 0 Å². The SMILES string of the molecule is C=C[C@]1(C)CC[C@@H](C(=C)COCCOC)C[C@H]1C(=C)C. The van der Waals surface area contributed by atoms with Gasteiger partial charge in [-0.2, -0.15) is 0 Å². The van der Waals surface area contributed by atoms with Crippen LogP contribution in [0.1, 0.15) is 33.1 Å². The van der Waals surface area contributed by atoms with E-state index >= 15 is 0 Å². The molecule has 0 aliphatic heterocycles. The Morgan fingerprint density at radius 1 is 1.35 bits per heavy atom. The molecule has 0 unspecified atom stereocenters. The summed E-state index contributed by atoms with van der Waals surface area (Å²) in [5.74, 6) is 1.03. The summed E-state index contributed by atoms with van der Waals surface area (Å²) in [6.07, 6.45) is 5.54. The molecule has 0 aromatic heterocycles. The van der Waals surface area contributed by atoms with E-state index in [0.29, 0.717) is 31.7 Å². The van der Waals surface area contributed by atoms with Crippen LogP contribution in [0.5, 0.6) is 0 Å². The van der Waals surface area contributed by atoms with Gasteiger partial charge in [0.05, 0.1) is 19.8 Å². The first-order valence-corrected chi connectivity index (χ1v) is 7.48. The Kier molecular flexibility index (Phi) is 6.70. The van der Waals surface area contributed by atoms with E-state index in [1.165, 1.54) is 17.6 Å². The van der Waals surface area contributed by atoms with Crippen molar-refractivity contribution in [1.29, 1.82) is 0 Å². The molecule has 3 atom stereocenters. The van der Waals surface area contributed by atoms with E-state index in [0.717, 1.165) is 12.8 Å². The van der Waals surface area contributed by atoms with Gasteiger partial charge in [0.2, 0.25) is 0 Å². The molecule has 2 nitrogen and oxygen atoms in total. The van der Waals surface area contributed by atoms with Crippen LogP contribution in [0, 0.1) is 17.3 Å². The molecule has 2 heteroatoms. The lowest BCUT2D eigenvalue weighted by Crippen LogP contribution is -2.34. The van der Waals surface area contributed by atoms with Crippen molar-refractivity contribution < 1.29 is 9.47 Å². The van der Waals surface area contributed by atoms with Crippen molar-refractivity contribution in [2.24, 2.45) is 17.3 Å². The minimum atomic E-state index is 0.180. The van der Waals surface area contributed by atoms with Crippen LogP contribution in [0.25, 0.3) is 0 Å². The van der Waals surface area contributed by atoms with Gasteiger partial charge in [-0.1, -0.05) is 31.7 Å². The minimum Gasteiger partial charge on any atom is -0.382 e. The normalized spacial score (nSPS) is 29.9. The number of rotatable bonds is 8. The number of ether oxygens (including phenoxy) is 2. The fourth-order valence-corrected chi connectivity index (χ4v) is 3.17. The predicted octanol–water partition coefficient (Wildman–Crippen LogP) is 4.39. The average molecular weight is 278 g/mol. The zero-order chi connectivity index (χ0) is 15.2. The molecular weight excluding hydrogens is 248 g/mol. The van der Waals surface area contributed by atoms with Gasteiger partial charge in [-0.25, -0.2) is 0 Å². The van der Waals surface area contributed by atoms with Crippen LogP contribution in [0.3, 0.4) is 0 Å². The Hall–Kier alpha value is -0.860. The van der Waals surface area contributed by atoms with E-state index in [4.69, 9.17) is 9.47 Å². The molecule has 0 heterocycles. The first-order chi connectivity index (χ1) is 9.44. The lowest BCUT2D eigenvalue weighted by molar-refractivity contribution is 0.0748. The van der Waals surface area contributed by atoms with Crippen molar-refractivity contribution in [1.82, 2.24) is 0 Å². The summed E-state index contributed by atoms with van der Waals surface area (Å²) in [5.41, 5.74) is 2.64. The van der Waals surface area contributed by atoms with Crippen molar-refractivity contribution >= 4 is 0 Å². The molecule has 0 radical (unpaired) electrons. The highest BCUT2D eigenvalue weighted by Gasteiger charge is 2.38. The van der Waals surface area contributed by atoms with Gasteiger partial charge in [-0.3, -0.25) is 0 Å². The summed E-state index contributed by atoms with van der Waals surface area (Å²) < 4.78 is 10.6. The molecule has 20 heavy (non-hydrogen) atoms. The van der Waals surface area contributed by atoms with Crippen molar-refractivity contribution in [2.45, 2.75) is 33.1 Å². The Balaban J connectivity index is 2.56. The zero-order valence-corrected chi connectivity index (χ0v) is 13.4. The molecule has 1 aliphatic carbocycles. The first kappa shape index (κ1) is 17.2. The largest absolute Gasteiger partial charge is 0.382 e. The topological polar surface area (TPSA) is 18.5 Å². The van der Waals surface area contributed by atoms with E-state index in [-0.39, 0.29) is 5.41 Å². The Morgan fingerprint density at radius 3 is 2.60 bits per heavy atom. The Morgan fingerprint density at radius 2 is 2.05 bits per heavy atom. The Bertz CT molecular complexity index is 358. The maximum atomic E-state index is 5.60. The third kappa shape index (κ3) is 4.32. The van der Waals surface area contributed by atoms with E-state index in [9.17, 15) is 0 Å². The third-order valence-electron chi connectivity index (χ3n) is 4.71. The second-order valence-electron chi connectivity index (χ2n) is 6.28. The van der Waals surface area contributed by atoms with Crippen LogP contribution in [0.15, 0.2) is 37.0 Å². The third-order valence-corrected chi connectivity index (χ3v) is 4.71. The van der Waals surface area contributed by atoms with Gasteiger partial charge < -0.3 is 9.47 Å². The molecule has 0 amide bonds. The number of allylic oxidation sites excluding steroid dienone is 2. The van der Waals surface area contributed by atoms with Crippen molar-refractivity contribution in [3.8, 4) is 0 Å². The van der Waals surface area contributed by atoms with Crippen LogP contribution >= 0.6 is 0 Å².